The second-order valence-corrected chi connectivity index (χ2v) is 10.7. The molecule has 0 spiro atoms. The van der Waals surface area contributed by atoms with Crippen molar-refractivity contribution in [3.05, 3.63) is 83.8 Å². The van der Waals surface area contributed by atoms with Crippen molar-refractivity contribution in [2.45, 2.75) is 45.9 Å². The van der Waals surface area contributed by atoms with Crippen molar-refractivity contribution in [2.24, 2.45) is 0 Å². The Bertz CT molecular complexity index is 1310. The van der Waals surface area contributed by atoms with E-state index < -0.39 is 11.4 Å². The lowest BCUT2D eigenvalue weighted by molar-refractivity contribution is 0.000550. The molecule has 0 N–H and O–H groups in total. The number of hydrogen-bond donors (Lipinski definition) is 0. The maximum absolute atomic E-state index is 13.5. The topological polar surface area (TPSA) is 75.2 Å². The number of benzene rings is 2. The normalized spacial score (nSPS) is 16.1. The van der Waals surface area contributed by atoms with Crippen molar-refractivity contribution in [1.29, 1.82) is 0 Å². The molecule has 1 atom stereocenters. The summed E-state index contributed by atoms with van der Waals surface area (Å²) < 4.78 is 24.6. The average Bonchev–Trinajstić information content (AvgIpc) is 2.87. The summed E-state index contributed by atoms with van der Waals surface area (Å²) >= 11 is 0. The fourth-order valence-corrected chi connectivity index (χ4v) is 4.38. The van der Waals surface area contributed by atoms with Gasteiger partial charge in [0.2, 0.25) is 5.88 Å². The summed E-state index contributed by atoms with van der Waals surface area (Å²) in [6, 6.07) is 18.5. The van der Waals surface area contributed by atoms with Crippen LogP contribution in [-0.2, 0) is 11.3 Å². The third-order valence-electron chi connectivity index (χ3n) is 6.34. The summed E-state index contributed by atoms with van der Waals surface area (Å²) in [5.74, 6) is -0.201. The standard InChI is InChI=1S/C30H35FN4O4/c1-21-19-34(16-17-35(21)29(37)39-30(2,3)4)20-22-12-14-24(15-13-22)33(5)28(36)26-10-7-11-27(32-26)38-25-9-6-8-23(31)18-25/h6-15,18,21H,16-17,19-20H2,1-5H3/t21-/m0/s1. The summed E-state index contributed by atoms with van der Waals surface area (Å²) in [5, 5.41) is 0. The lowest BCUT2D eigenvalue weighted by atomic mass is 10.1. The monoisotopic (exact) mass is 534 g/mol. The molecule has 0 aliphatic carbocycles. The van der Waals surface area contributed by atoms with E-state index in [1.54, 1.807) is 42.3 Å². The maximum Gasteiger partial charge on any atom is 0.410 e. The summed E-state index contributed by atoms with van der Waals surface area (Å²) in [6.07, 6.45) is -0.271. The first-order chi connectivity index (χ1) is 18.5. The minimum absolute atomic E-state index is 0.0461. The van der Waals surface area contributed by atoms with E-state index >= 15 is 0 Å². The minimum atomic E-state index is -0.514. The van der Waals surface area contributed by atoms with Crippen molar-refractivity contribution >= 4 is 17.7 Å². The van der Waals surface area contributed by atoms with Crippen molar-refractivity contribution in [3.8, 4) is 11.6 Å². The van der Waals surface area contributed by atoms with E-state index in [4.69, 9.17) is 9.47 Å². The van der Waals surface area contributed by atoms with Gasteiger partial charge in [-0.3, -0.25) is 9.69 Å². The molecule has 3 aromatic rings. The number of ether oxygens (including phenoxy) is 2. The molecule has 1 aliphatic rings. The second-order valence-electron chi connectivity index (χ2n) is 10.7. The van der Waals surface area contributed by atoms with Crippen LogP contribution < -0.4 is 9.64 Å². The second kappa shape index (κ2) is 11.8. The molecule has 2 aromatic carbocycles. The molecule has 2 amide bonds. The third-order valence-corrected chi connectivity index (χ3v) is 6.34. The molecule has 1 saturated heterocycles. The van der Waals surface area contributed by atoms with Crippen LogP contribution in [0.25, 0.3) is 0 Å². The molecule has 0 radical (unpaired) electrons. The number of hydrogen-bond acceptors (Lipinski definition) is 6. The predicted molar refractivity (Wildman–Crippen MR) is 148 cm³/mol. The van der Waals surface area contributed by atoms with Gasteiger partial charge >= 0.3 is 6.09 Å². The molecule has 8 nitrogen and oxygen atoms in total. The highest BCUT2D eigenvalue weighted by atomic mass is 19.1. The fourth-order valence-electron chi connectivity index (χ4n) is 4.38. The van der Waals surface area contributed by atoms with E-state index in [2.05, 4.69) is 9.88 Å². The number of amides is 2. The molecule has 1 aliphatic heterocycles. The quantitative estimate of drug-likeness (QED) is 0.402. The highest BCUT2D eigenvalue weighted by molar-refractivity contribution is 6.04. The van der Waals surface area contributed by atoms with Gasteiger partial charge in [0.1, 0.15) is 22.9 Å². The van der Waals surface area contributed by atoms with Gasteiger partial charge in [0, 0.05) is 57.1 Å². The lowest BCUT2D eigenvalue weighted by Gasteiger charge is -2.40. The van der Waals surface area contributed by atoms with Crippen LogP contribution in [0.3, 0.4) is 0 Å². The number of aromatic nitrogens is 1. The van der Waals surface area contributed by atoms with Gasteiger partial charge in [0.05, 0.1) is 0 Å². The van der Waals surface area contributed by atoms with E-state index in [9.17, 15) is 14.0 Å². The van der Waals surface area contributed by atoms with Gasteiger partial charge < -0.3 is 19.3 Å². The highest BCUT2D eigenvalue weighted by Crippen LogP contribution is 2.23. The van der Waals surface area contributed by atoms with Crippen LogP contribution in [0.15, 0.2) is 66.7 Å². The van der Waals surface area contributed by atoms with Crippen LogP contribution in [0.4, 0.5) is 14.9 Å². The van der Waals surface area contributed by atoms with Gasteiger partial charge in [0.25, 0.3) is 5.91 Å². The van der Waals surface area contributed by atoms with Crippen molar-refractivity contribution in [3.63, 3.8) is 0 Å². The number of nitrogens with zero attached hydrogens (tertiary/aromatic N) is 4. The molecular formula is C30H35FN4O4. The Kier molecular flexibility index (Phi) is 8.50. The van der Waals surface area contributed by atoms with Crippen molar-refractivity contribution in [1.82, 2.24) is 14.8 Å². The smallest absolute Gasteiger partial charge is 0.410 e. The van der Waals surface area contributed by atoms with Crippen LogP contribution in [0.2, 0.25) is 0 Å². The average molecular weight is 535 g/mol. The Hall–Kier alpha value is -3.98. The molecule has 2 heterocycles. The fraction of sp³-hybridized carbons (Fsp3) is 0.367. The molecule has 206 valence electrons. The third kappa shape index (κ3) is 7.54. The van der Waals surface area contributed by atoms with Crippen molar-refractivity contribution < 1.29 is 23.5 Å². The van der Waals surface area contributed by atoms with Gasteiger partial charge in [-0.15, -0.1) is 0 Å². The molecule has 0 saturated carbocycles. The van der Waals surface area contributed by atoms with E-state index in [0.717, 1.165) is 30.9 Å². The minimum Gasteiger partial charge on any atom is -0.444 e. The zero-order valence-corrected chi connectivity index (χ0v) is 23.1. The number of carbonyl (C=O) groups excluding carboxylic acids is 2. The van der Waals surface area contributed by atoms with E-state index in [1.165, 1.54) is 17.0 Å². The first-order valence-electron chi connectivity index (χ1n) is 13.0. The zero-order chi connectivity index (χ0) is 28.2. The number of carbonyl (C=O) groups is 2. The van der Waals surface area contributed by atoms with Crippen LogP contribution in [0.1, 0.15) is 43.7 Å². The Morgan fingerprint density at radius 2 is 1.77 bits per heavy atom. The number of halogens is 1. The maximum atomic E-state index is 13.5. The van der Waals surface area contributed by atoms with Gasteiger partial charge in [0.15, 0.2) is 0 Å². The number of rotatable bonds is 6. The first kappa shape index (κ1) is 28.0. The van der Waals surface area contributed by atoms with Crippen LogP contribution in [0.5, 0.6) is 11.6 Å². The van der Waals surface area contributed by atoms with Crippen LogP contribution >= 0.6 is 0 Å². The largest absolute Gasteiger partial charge is 0.444 e. The summed E-state index contributed by atoms with van der Waals surface area (Å²) in [4.78, 5) is 35.5. The molecular weight excluding hydrogens is 499 g/mol. The molecule has 9 heteroatoms. The van der Waals surface area contributed by atoms with Gasteiger partial charge in [-0.2, -0.15) is 0 Å². The first-order valence-corrected chi connectivity index (χ1v) is 13.0. The van der Waals surface area contributed by atoms with E-state index in [1.807, 2.05) is 52.0 Å². The summed E-state index contributed by atoms with van der Waals surface area (Å²) in [7, 11) is 1.69. The number of pyridine rings is 1. The van der Waals surface area contributed by atoms with Gasteiger partial charge in [-0.05, 0) is 63.6 Å². The number of piperazine rings is 1. The van der Waals surface area contributed by atoms with Gasteiger partial charge in [-0.25, -0.2) is 14.2 Å². The SMILES string of the molecule is C[C@H]1CN(Cc2ccc(N(C)C(=O)c3cccc(Oc4cccc(F)c4)n3)cc2)CCN1C(=O)OC(C)(C)C. The van der Waals surface area contributed by atoms with Crippen LogP contribution in [-0.4, -0.2) is 65.1 Å². The van der Waals surface area contributed by atoms with Gasteiger partial charge in [-0.1, -0.05) is 24.3 Å². The van der Waals surface area contributed by atoms with E-state index in [-0.39, 0.29) is 29.6 Å². The van der Waals surface area contributed by atoms with Crippen molar-refractivity contribution in [2.75, 3.05) is 31.6 Å². The highest BCUT2D eigenvalue weighted by Gasteiger charge is 2.30. The Labute approximate surface area is 228 Å². The Morgan fingerprint density at radius 1 is 1.05 bits per heavy atom. The zero-order valence-electron chi connectivity index (χ0n) is 23.1. The molecule has 0 unspecified atom stereocenters. The lowest BCUT2D eigenvalue weighted by Crippen LogP contribution is -2.54. The van der Waals surface area contributed by atoms with Crippen LogP contribution in [0, 0.1) is 5.82 Å². The predicted octanol–water partition coefficient (Wildman–Crippen LogP) is 5.73. The number of anilines is 1. The summed E-state index contributed by atoms with van der Waals surface area (Å²) in [6.45, 7) is 10.5. The molecule has 39 heavy (non-hydrogen) atoms. The van der Waals surface area contributed by atoms with E-state index in [0.29, 0.717) is 12.3 Å². The molecule has 1 fully saturated rings. The molecule has 0 bridgehead atoms. The Balaban J connectivity index is 1.34. The summed E-state index contributed by atoms with van der Waals surface area (Å²) in [5.41, 5.74) is 1.54. The Morgan fingerprint density at radius 3 is 2.44 bits per heavy atom. The molecule has 1 aromatic heterocycles. The molecule has 4 rings (SSSR count).